The smallest absolute Gasteiger partial charge is 0.273 e. The number of nitrogens with one attached hydrogen (secondary N) is 1. The number of aromatic nitrogens is 6. The van der Waals surface area contributed by atoms with Gasteiger partial charge in [0.25, 0.3) is 5.91 Å². The zero-order valence-corrected chi connectivity index (χ0v) is 16.6. The number of rotatable bonds is 7. The van der Waals surface area contributed by atoms with E-state index in [1.54, 1.807) is 11.0 Å². The Morgan fingerprint density at radius 1 is 1.26 bits per heavy atom. The average Bonchev–Trinajstić information content (AvgIpc) is 3.25. The molecule has 1 aromatic carbocycles. The third-order valence-corrected chi connectivity index (χ3v) is 5.15. The number of carbonyl (C=O) groups excluding carboxylic acids is 1. The SMILES string of the molecule is CCn1cnnc1CCNC(=O)c1nnn(-c2ccc(Br)cc2)c1C1CC1. The largest absolute Gasteiger partial charge is 0.350 e. The summed E-state index contributed by atoms with van der Waals surface area (Å²) in [5, 5.41) is 19.4. The van der Waals surface area contributed by atoms with E-state index >= 15 is 0 Å². The molecule has 2 heterocycles. The van der Waals surface area contributed by atoms with Gasteiger partial charge in [-0.2, -0.15) is 0 Å². The molecule has 0 spiro atoms. The molecule has 1 amide bonds. The van der Waals surface area contributed by atoms with Gasteiger partial charge in [0.2, 0.25) is 0 Å². The molecule has 0 unspecified atom stereocenters. The molecule has 140 valence electrons. The Morgan fingerprint density at radius 3 is 2.74 bits per heavy atom. The van der Waals surface area contributed by atoms with Gasteiger partial charge in [0, 0.05) is 29.9 Å². The van der Waals surface area contributed by atoms with Crippen LogP contribution in [0.3, 0.4) is 0 Å². The fourth-order valence-corrected chi connectivity index (χ4v) is 3.32. The highest BCUT2D eigenvalue weighted by molar-refractivity contribution is 9.10. The van der Waals surface area contributed by atoms with E-state index in [4.69, 9.17) is 0 Å². The van der Waals surface area contributed by atoms with Gasteiger partial charge in [-0.25, -0.2) is 4.68 Å². The lowest BCUT2D eigenvalue weighted by Crippen LogP contribution is -2.27. The summed E-state index contributed by atoms with van der Waals surface area (Å²) in [6.45, 7) is 3.32. The van der Waals surface area contributed by atoms with E-state index in [1.807, 2.05) is 35.8 Å². The molecule has 27 heavy (non-hydrogen) atoms. The van der Waals surface area contributed by atoms with Gasteiger partial charge in [-0.15, -0.1) is 15.3 Å². The van der Waals surface area contributed by atoms with Crippen molar-refractivity contribution < 1.29 is 4.79 Å². The highest BCUT2D eigenvalue weighted by Crippen LogP contribution is 2.42. The minimum absolute atomic E-state index is 0.192. The second kappa shape index (κ2) is 7.59. The van der Waals surface area contributed by atoms with Crippen LogP contribution in [0.25, 0.3) is 5.69 Å². The van der Waals surface area contributed by atoms with Gasteiger partial charge in [0.15, 0.2) is 5.69 Å². The van der Waals surface area contributed by atoms with Crippen molar-refractivity contribution in [2.24, 2.45) is 0 Å². The van der Waals surface area contributed by atoms with Crippen LogP contribution < -0.4 is 5.32 Å². The molecule has 8 nitrogen and oxygen atoms in total. The van der Waals surface area contributed by atoms with Crippen LogP contribution in [0.15, 0.2) is 35.1 Å². The third kappa shape index (κ3) is 3.78. The molecule has 0 atom stereocenters. The number of aryl methyl sites for hydroxylation is 1. The normalized spacial score (nSPS) is 13.7. The van der Waals surface area contributed by atoms with E-state index in [0.717, 1.165) is 41.1 Å². The fourth-order valence-electron chi connectivity index (χ4n) is 3.06. The number of hydrogen-bond acceptors (Lipinski definition) is 5. The summed E-state index contributed by atoms with van der Waals surface area (Å²) in [6, 6.07) is 7.84. The maximum atomic E-state index is 12.7. The monoisotopic (exact) mass is 429 g/mol. The molecule has 0 saturated heterocycles. The quantitative estimate of drug-likeness (QED) is 0.622. The zero-order valence-electron chi connectivity index (χ0n) is 15.0. The molecule has 9 heteroatoms. The molecule has 1 N–H and O–H groups in total. The van der Waals surface area contributed by atoms with Gasteiger partial charge in [-0.1, -0.05) is 21.1 Å². The number of nitrogens with zero attached hydrogens (tertiary/aromatic N) is 6. The Hall–Kier alpha value is -2.55. The molecule has 1 fully saturated rings. The molecule has 2 aromatic heterocycles. The number of carbonyl (C=O) groups is 1. The minimum atomic E-state index is -0.192. The van der Waals surface area contributed by atoms with Crippen molar-refractivity contribution in [1.29, 1.82) is 0 Å². The average molecular weight is 430 g/mol. The fraction of sp³-hybridized carbons (Fsp3) is 0.389. The number of amides is 1. The van der Waals surface area contributed by atoms with Crippen LogP contribution in [0.2, 0.25) is 0 Å². The van der Waals surface area contributed by atoms with Crippen molar-refractivity contribution >= 4 is 21.8 Å². The molecule has 0 aliphatic heterocycles. The Labute approximate surface area is 165 Å². The van der Waals surface area contributed by atoms with Crippen molar-refractivity contribution in [3.63, 3.8) is 0 Å². The molecule has 0 radical (unpaired) electrons. The van der Waals surface area contributed by atoms with Gasteiger partial charge in [0.05, 0.1) is 11.4 Å². The Kier molecular flexibility index (Phi) is 5.02. The number of hydrogen-bond donors (Lipinski definition) is 1. The lowest BCUT2D eigenvalue weighted by atomic mass is 10.2. The predicted octanol–water partition coefficient (Wildman–Crippen LogP) is 2.49. The molecule has 1 aliphatic rings. The first-order valence-corrected chi connectivity index (χ1v) is 9.83. The summed E-state index contributed by atoms with van der Waals surface area (Å²) in [5.74, 6) is 1.01. The van der Waals surface area contributed by atoms with Gasteiger partial charge < -0.3 is 9.88 Å². The maximum Gasteiger partial charge on any atom is 0.273 e. The van der Waals surface area contributed by atoms with Crippen molar-refractivity contribution in [2.45, 2.75) is 38.6 Å². The van der Waals surface area contributed by atoms with Crippen LogP contribution in [0, 0.1) is 0 Å². The minimum Gasteiger partial charge on any atom is -0.350 e. The van der Waals surface area contributed by atoms with E-state index in [-0.39, 0.29) is 5.91 Å². The topological polar surface area (TPSA) is 90.5 Å². The van der Waals surface area contributed by atoms with Crippen molar-refractivity contribution in [2.75, 3.05) is 6.54 Å². The highest BCUT2D eigenvalue weighted by Gasteiger charge is 2.34. The molecular weight excluding hydrogens is 410 g/mol. The summed E-state index contributed by atoms with van der Waals surface area (Å²) < 4.78 is 4.75. The van der Waals surface area contributed by atoms with Gasteiger partial charge in [-0.05, 0) is 44.0 Å². The van der Waals surface area contributed by atoms with E-state index in [2.05, 4.69) is 41.8 Å². The van der Waals surface area contributed by atoms with Crippen molar-refractivity contribution in [3.8, 4) is 5.69 Å². The molecule has 1 saturated carbocycles. The molecule has 1 aliphatic carbocycles. The lowest BCUT2D eigenvalue weighted by molar-refractivity contribution is 0.0947. The Bertz CT molecular complexity index is 943. The Balaban J connectivity index is 1.49. The highest BCUT2D eigenvalue weighted by atomic mass is 79.9. The molecule has 4 rings (SSSR count). The van der Waals surface area contributed by atoms with Crippen LogP contribution in [0.5, 0.6) is 0 Å². The second-order valence-electron chi connectivity index (χ2n) is 6.52. The number of halogens is 1. The van der Waals surface area contributed by atoms with Crippen LogP contribution in [-0.2, 0) is 13.0 Å². The standard InChI is InChI=1S/C18H20BrN7O/c1-2-25-11-21-22-15(25)9-10-20-18(27)16-17(12-3-4-12)26(24-23-16)14-7-5-13(19)6-8-14/h5-8,11-12H,2-4,9-10H2,1H3,(H,20,27). The van der Waals surface area contributed by atoms with E-state index in [9.17, 15) is 4.79 Å². The second-order valence-corrected chi connectivity index (χ2v) is 7.44. The maximum absolute atomic E-state index is 12.7. The Morgan fingerprint density at radius 2 is 2.04 bits per heavy atom. The van der Waals surface area contributed by atoms with Crippen molar-refractivity contribution in [1.82, 2.24) is 35.1 Å². The van der Waals surface area contributed by atoms with Crippen LogP contribution in [0.4, 0.5) is 0 Å². The lowest BCUT2D eigenvalue weighted by Gasteiger charge is -2.08. The zero-order chi connectivity index (χ0) is 18.8. The van der Waals surface area contributed by atoms with Crippen molar-refractivity contribution in [3.05, 3.63) is 52.3 Å². The molecular formula is C18H20BrN7O. The van der Waals surface area contributed by atoms with Crippen LogP contribution >= 0.6 is 15.9 Å². The van der Waals surface area contributed by atoms with Gasteiger partial charge in [0.1, 0.15) is 12.2 Å². The van der Waals surface area contributed by atoms with Crippen LogP contribution in [-0.4, -0.2) is 42.2 Å². The van der Waals surface area contributed by atoms with E-state index < -0.39 is 0 Å². The van der Waals surface area contributed by atoms with Gasteiger partial charge >= 0.3 is 0 Å². The summed E-state index contributed by atoms with van der Waals surface area (Å²) in [6.07, 6.45) is 4.44. The summed E-state index contributed by atoms with van der Waals surface area (Å²) in [5.41, 5.74) is 2.21. The first kappa shape index (κ1) is 17.8. The summed E-state index contributed by atoms with van der Waals surface area (Å²) >= 11 is 3.44. The molecule has 0 bridgehead atoms. The number of benzene rings is 1. The molecule has 3 aromatic rings. The van der Waals surface area contributed by atoms with E-state index in [1.165, 1.54) is 0 Å². The van der Waals surface area contributed by atoms with E-state index in [0.29, 0.717) is 24.6 Å². The van der Waals surface area contributed by atoms with Crippen LogP contribution in [0.1, 0.15) is 47.7 Å². The first-order chi connectivity index (χ1) is 13.2. The predicted molar refractivity (Wildman–Crippen MR) is 103 cm³/mol. The summed E-state index contributed by atoms with van der Waals surface area (Å²) in [4.78, 5) is 12.7. The first-order valence-electron chi connectivity index (χ1n) is 9.03. The third-order valence-electron chi connectivity index (χ3n) is 4.63. The van der Waals surface area contributed by atoms with Gasteiger partial charge in [-0.3, -0.25) is 4.79 Å². The summed E-state index contributed by atoms with van der Waals surface area (Å²) in [7, 11) is 0.